The Morgan fingerprint density at radius 2 is 2.00 bits per heavy atom. The molecule has 0 aliphatic carbocycles. The fraction of sp³-hybridized carbons (Fsp3) is 0.391. The molecule has 29 heavy (non-hydrogen) atoms. The monoisotopic (exact) mass is 395 g/mol. The van der Waals surface area contributed by atoms with Crippen molar-refractivity contribution in [3.05, 3.63) is 54.1 Å². The van der Waals surface area contributed by atoms with E-state index in [1.807, 2.05) is 60.0 Å². The van der Waals surface area contributed by atoms with Crippen molar-refractivity contribution in [1.82, 2.24) is 4.90 Å². The molecule has 154 valence electrons. The number of rotatable bonds is 7. The van der Waals surface area contributed by atoms with Crippen LogP contribution in [0.25, 0.3) is 0 Å². The van der Waals surface area contributed by atoms with Gasteiger partial charge in [-0.25, -0.2) is 0 Å². The molecule has 0 saturated carbocycles. The first kappa shape index (κ1) is 20.9. The average molecular weight is 396 g/mol. The van der Waals surface area contributed by atoms with E-state index in [1.54, 1.807) is 13.2 Å². The molecule has 0 spiro atoms. The van der Waals surface area contributed by atoms with E-state index < -0.39 is 0 Å². The van der Waals surface area contributed by atoms with Crippen LogP contribution in [0.4, 0.5) is 11.4 Å². The van der Waals surface area contributed by atoms with E-state index in [-0.39, 0.29) is 24.4 Å². The lowest BCUT2D eigenvalue weighted by Gasteiger charge is -2.35. The molecule has 1 aliphatic rings. The largest absolute Gasteiger partial charge is 0.497 e. The molecule has 1 N–H and O–H groups in total. The van der Waals surface area contributed by atoms with Crippen molar-refractivity contribution in [2.45, 2.75) is 32.7 Å². The number of methoxy groups -OCH3 is 1. The van der Waals surface area contributed by atoms with Crippen LogP contribution in [0.2, 0.25) is 0 Å². The second-order valence-electron chi connectivity index (χ2n) is 7.24. The lowest BCUT2D eigenvalue weighted by atomic mass is 10.0. The van der Waals surface area contributed by atoms with Gasteiger partial charge in [0.25, 0.3) is 0 Å². The van der Waals surface area contributed by atoms with Crippen molar-refractivity contribution in [1.29, 1.82) is 0 Å². The van der Waals surface area contributed by atoms with Gasteiger partial charge in [-0.1, -0.05) is 31.2 Å². The molecule has 0 bridgehead atoms. The molecular weight excluding hydrogens is 366 g/mol. The Labute approximate surface area is 172 Å². The van der Waals surface area contributed by atoms with E-state index in [0.29, 0.717) is 24.5 Å². The average Bonchev–Trinajstić information content (AvgIpc) is 2.76. The summed E-state index contributed by atoms with van der Waals surface area (Å²) in [5.41, 5.74) is 2.87. The summed E-state index contributed by atoms with van der Waals surface area (Å²) in [6, 6.07) is 14.9. The van der Waals surface area contributed by atoms with Gasteiger partial charge in [-0.15, -0.1) is 0 Å². The van der Waals surface area contributed by atoms with Crippen molar-refractivity contribution >= 4 is 23.2 Å². The topological polar surface area (TPSA) is 61.9 Å². The summed E-state index contributed by atoms with van der Waals surface area (Å²) >= 11 is 0. The van der Waals surface area contributed by atoms with Gasteiger partial charge in [0.2, 0.25) is 11.8 Å². The summed E-state index contributed by atoms with van der Waals surface area (Å²) in [7, 11) is 1.59. The molecule has 0 saturated heterocycles. The highest BCUT2D eigenvalue weighted by molar-refractivity contribution is 5.99. The van der Waals surface area contributed by atoms with E-state index in [0.717, 1.165) is 18.5 Å². The number of nitrogens with zero attached hydrogens (tertiary/aromatic N) is 2. The number of likely N-dealkylation sites (N-methyl/N-ethyl adjacent to an activating group) is 1. The molecule has 1 atom stereocenters. The van der Waals surface area contributed by atoms with Gasteiger partial charge < -0.3 is 15.0 Å². The zero-order chi connectivity index (χ0) is 20.8. The number of hydrogen-bond donors (Lipinski definition) is 1. The van der Waals surface area contributed by atoms with Crippen LogP contribution >= 0.6 is 0 Å². The summed E-state index contributed by atoms with van der Waals surface area (Å²) in [5, 5.41) is 2.88. The number of fused-ring (bicyclic) bond motifs is 1. The first-order valence-corrected chi connectivity index (χ1v) is 10.1. The number of para-hydroxylation sites is 1. The normalized spacial score (nSPS) is 14.3. The van der Waals surface area contributed by atoms with Gasteiger partial charge >= 0.3 is 0 Å². The molecule has 0 fully saturated rings. The first-order chi connectivity index (χ1) is 14.0. The molecule has 0 radical (unpaired) electrons. The van der Waals surface area contributed by atoms with Crippen molar-refractivity contribution in [3.8, 4) is 5.75 Å². The van der Waals surface area contributed by atoms with Crippen molar-refractivity contribution in [2.75, 3.05) is 37.0 Å². The van der Waals surface area contributed by atoms with Crippen LogP contribution in [0, 0.1) is 0 Å². The van der Waals surface area contributed by atoms with Crippen LogP contribution in [0.3, 0.4) is 0 Å². The number of anilines is 2. The second kappa shape index (κ2) is 9.56. The molecule has 1 heterocycles. The van der Waals surface area contributed by atoms with Crippen molar-refractivity contribution in [3.63, 3.8) is 0 Å². The minimum absolute atomic E-state index is 0.0354. The van der Waals surface area contributed by atoms with Gasteiger partial charge in [0.1, 0.15) is 5.75 Å². The highest BCUT2D eigenvalue weighted by Crippen LogP contribution is 2.27. The summed E-state index contributed by atoms with van der Waals surface area (Å²) < 4.78 is 5.19. The molecule has 6 nitrogen and oxygen atoms in total. The Morgan fingerprint density at radius 1 is 1.21 bits per heavy atom. The minimum Gasteiger partial charge on any atom is -0.497 e. The third kappa shape index (κ3) is 4.95. The van der Waals surface area contributed by atoms with Crippen molar-refractivity contribution < 1.29 is 14.3 Å². The van der Waals surface area contributed by atoms with Gasteiger partial charge in [0.05, 0.1) is 19.7 Å². The van der Waals surface area contributed by atoms with Gasteiger partial charge in [0.15, 0.2) is 0 Å². The lowest BCUT2D eigenvalue weighted by Crippen LogP contribution is -2.50. The molecule has 3 rings (SSSR count). The fourth-order valence-electron chi connectivity index (χ4n) is 3.75. The number of carbonyl (C=O) groups is 2. The third-order valence-corrected chi connectivity index (χ3v) is 5.39. The van der Waals surface area contributed by atoms with Gasteiger partial charge in [-0.3, -0.25) is 14.5 Å². The molecule has 1 aliphatic heterocycles. The van der Waals surface area contributed by atoms with E-state index in [1.165, 1.54) is 5.56 Å². The smallest absolute Gasteiger partial charge is 0.244 e. The second-order valence-corrected chi connectivity index (χ2v) is 7.24. The number of benzene rings is 2. The predicted octanol–water partition coefficient (Wildman–Crippen LogP) is 3.32. The van der Waals surface area contributed by atoms with E-state index in [4.69, 9.17) is 4.74 Å². The zero-order valence-corrected chi connectivity index (χ0v) is 17.4. The summed E-state index contributed by atoms with van der Waals surface area (Å²) in [4.78, 5) is 29.6. The number of amides is 2. The summed E-state index contributed by atoms with van der Waals surface area (Å²) in [6.45, 7) is 5.31. The number of carbonyl (C=O) groups excluding carboxylic acids is 2. The number of nitrogens with one attached hydrogen (secondary N) is 1. The Bertz CT molecular complexity index is 868. The van der Waals surface area contributed by atoms with Crippen LogP contribution in [0.1, 0.15) is 25.8 Å². The lowest BCUT2D eigenvalue weighted by molar-refractivity contribution is -0.125. The van der Waals surface area contributed by atoms with Gasteiger partial charge in [0, 0.05) is 24.0 Å². The maximum Gasteiger partial charge on any atom is 0.244 e. The van der Waals surface area contributed by atoms with E-state index in [2.05, 4.69) is 11.4 Å². The Morgan fingerprint density at radius 3 is 2.76 bits per heavy atom. The molecule has 2 amide bonds. The molecule has 1 unspecified atom stereocenters. The Kier molecular flexibility index (Phi) is 6.88. The fourth-order valence-corrected chi connectivity index (χ4v) is 3.75. The van der Waals surface area contributed by atoms with Crippen LogP contribution in [-0.4, -0.2) is 49.5 Å². The van der Waals surface area contributed by atoms with Gasteiger partial charge in [-0.2, -0.15) is 0 Å². The number of aryl methyl sites for hydroxylation is 1. The van der Waals surface area contributed by atoms with Crippen LogP contribution in [0.5, 0.6) is 5.75 Å². The third-order valence-electron chi connectivity index (χ3n) is 5.39. The maximum atomic E-state index is 13.2. The maximum absolute atomic E-state index is 13.2. The van der Waals surface area contributed by atoms with Crippen LogP contribution in [0.15, 0.2) is 48.5 Å². The van der Waals surface area contributed by atoms with Crippen LogP contribution in [-0.2, 0) is 16.0 Å². The van der Waals surface area contributed by atoms with Gasteiger partial charge in [-0.05, 0) is 50.1 Å². The predicted molar refractivity (Wildman–Crippen MR) is 115 cm³/mol. The summed E-state index contributed by atoms with van der Waals surface area (Å²) in [5.74, 6) is 0.564. The highest BCUT2D eigenvalue weighted by Gasteiger charge is 2.29. The highest BCUT2D eigenvalue weighted by atomic mass is 16.5. The Balaban J connectivity index is 1.66. The molecular formula is C23H29N3O3. The van der Waals surface area contributed by atoms with E-state index >= 15 is 0 Å². The summed E-state index contributed by atoms with van der Waals surface area (Å²) in [6.07, 6.45) is 1.95. The quantitative estimate of drug-likeness (QED) is 0.781. The zero-order valence-electron chi connectivity index (χ0n) is 17.4. The molecule has 0 aromatic heterocycles. The number of ether oxygens (including phenoxy) is 1. The minimum atomic E-state index is -0.387. The molecule has 6 heteroatoms. The first-order valence-electron chi connectivity index (χ1n) is 10.1. The van der Waals surface area contributed by atoms with E-state index in [9.17, 15) is 9.59 Å². The standard InChI is InChI=1S/C23H29N3O3/c1-4-25(16-22(27)24-19-11-7-12-20(15-19)29-3)17(2)23(28)26-14-8-10-18-9-5-6-13-21(18)26/h5-7,9,11-13,15,17H,4,8,10,14,16H2,1-3H3,(H,24,27). The number of hydrogen-bond acceptors (Lipinski definition) is 4. The SMILES string of the molecule is CCN(CC(=O)Nc1cccc(OC)c1)C(C)C(=O)N1CCCc2ccccc21. The molecule has 2 aromatic rings. The molecule has 2 aromatic carbocycles. The Hall–Kier alpha value is -2.86. The van der Waals surface area contributed by atoms with Crippen molar-refractivity contribution in [2.24, 2.45) is 0 Å². The van der Waals surface area contributed by atoms with Crippen LogP contribution < -0.4 is 15.0 Å².